The number of hydrogen-bond acceptors (Lipinski definition) is 3. The molecule has 0 aromatic heterocycles. The maximum absolute atomic E-state index is 13.3. The van der Waals surface area contributed by atoms with E-state index in [9.17, 15) is 9.59 Å². The number of hydrogen-bond donors (Lipinski definition) is 1. The van der Waals surface area contributed by atoms with Crippen LogP contribution in [-0.2, 0) is 9.67 Å². The van der Waals surface area contributed by atoms with Gasteiger partial charge in [-0.3, -0.25) is 9.59 Å². The lowest BCUT2D eigenvalue weighted by Crippen LogP contribution is -2.48. The minimum atomic E-state index is -1.09. The van der Waals surface area contributed by atoms with E-state index in [1.165, 1.54) is 11.8 Å². The SMILES string of the molecule is Cc1ccc(C(=O)N2CC(C)(C)S[C@]23C(=O)Nc2ccc(Cl)cc23)cc1. The predicted octanol–water partition coefficient (Wildman–Crippen LogP) is 4.42. The lowest BCUT2D eigenvalue weighted by atomic mass is 10.0. The van der Waals surface area contributed by atoms with Gasteiger partial charge in [-0.25, -0.2) is 0 Å². The third kappa shape index (κ3) is 2.53. The van der Waals surface area contributed by atoms with Crippen LogP contribution in [-0.4, -0.2) is 28.0 Å². The maximum Gasteiger partial charge on any atom is 0.265 e. The van der Waals surface area contributed by atoms with Crippen LogP contribution in [0.4, 0.5) is 5.69 Å². The quantitative estimate of drug-likeness (QED) is 0.789. The molecule has 0 radical (unpaired) electrons. The molecule has 2 aromatic rings. The first-order chi connectivity index (χ1) is 12.2. The summed E-state index contributed by atoms with van der Waals surface area (Å²) in [5.41, 5.74) is 3.14. The largest absolute Gasteiger partial charge is 0.323 e. The van der Waals surface area contributed by atoms with Crippen molar-refractivity contribution >= 4 is 40.9 Å². The average molecular weight is 387 g/mol. The van der Waals surface area contributed by atoms with Crippen LogP contribution in [0.25, 0.3) is 0 Å². The molecule has 1 N–H and O–H groups in total. The van der Waals surface area contributed by atoms with E-state index in [1.807, 2.05) is 31.2 Å². The lowest BCUT2D eigenvalue weighted by Gasteiger charge is -2.32. The van der Waals surface area contributed by atoms with Crippen LogP contribution in [0.5, 0.6) is 0 Å². The van der Waals surface area contributed by atoms with E-state index >= 15 is 0 Å². The fourth-order valence-electron chi connectivity index (χ4n) is 3.65. The van der Waals surface area contributed by atoms with Crippen LogP contribution < -0.4 is 5.32 Å². The number of thioether (sulfide) groups is 1. The normalized spacial score (nSPS) is 23.2. The zero-order valence-corrected chi connectivity index (χ0v) is 16.4. The zero-order valence-electron chi connectivity index (χ0n) is 14.8. The van der Waals surface area contributed by atoms with Gasteiger partial charge in [0.2, 0.25) is 0 Å². The van der Waals surface area contributed by atoms with Crippen molar-refractivity contribution < 1.29 is 9.59 Å². The number of amides is 2. The number of anilines is 1. The Bertz CT molecular complexity index is 926. The molecule has 0 bridgehead atoms. The molecule has 4 rings (SSSR count). The Morgan fingerprint density at radius 3 is 2.58 bits per heavy atom. The molecule has 26 heavy (non-hydrogen) atoms. The minimum Gasteiger partial charge on any atom is -0.323 e. The molecule has 2 heterocycles. The fourth-order valence-corrected chi connectivity index (χ4v) is 5.50. The van der Waals surface area contributed by atoms with Gasteiger partial charge in [0.05, 0.1) is 0 Å². The molecule has 0 unspecified atom stereocenters. The van der Waals surface area contributed by atoms with Gasteiger partial charge in [0.25, 0.3) is 11.8 Å². The van der Waals surface area contributed by atoms with Gasteiger partial charge in [-0.15, -0.1) is 11.8 Å². The van der Waals surface area contributed by atoms with E-state index in [-0.39, 0.29) is 16.6 Å². The summed E-state index contributed by atoms with van der Waals surface area (Å²) in [4.78, 5) is 27.0. The second-order valence-electron chi connectivity index (χ2n) is 7.41. The standard InChI is InChI=1S/C20H19ClN2O2S/c1-12-4-6-13(7-5-12)17(24)23-11-19(2,3)26-20(23)15-10-14(21)8-9-16(15)22-18(20)25/h4-10H,11H2,1-3H3,(H,22,25)/t20-/m1/s1. The van der Waals surface area contributed by atoms with Crippen LogP contribution in [0.15, 0.2) is 42.5 Å². The van der Waals surface area contributed by atoms with Gasteiger partial charge in [-0.05, 0) is 51.1 Å². The van der Waals surface area contributed by atoms with Gasteiger partial charge in [0.1, 0.15) is 0 Å². The summed E-state index contributed by atoms with van der Waals surface area (Å²) in [6.45, 7) is 6.56. The Labute approximate surface area is 161 Å². The molecule has 0 saturated carbocycles. The number of benzene rings is 2. The molecule has 1 spiro atoms. The molecule has 6 heteroatoms. The van der Waals surface area contributed by atoms with E-state index in [2.05, 4.69) is 19.2 Å². The molecule has 2 aliphatic rings. The number of carbonyl (C=O) groups excluding carboxylic acids is 2. The van der Waals surface area contributed by atoms with Crippen molar-refractivity contribution in [2.45, 2.75) is 30.4 Å². The highest BCUT2D eigenvalue weighted by atomic mass is 35.5. The molecular weight excluding hydrogens is 368 g/mol. The van der Waals surface area contributed by atoms with E-state index in [4.69, 9.17) is 11.6 Å². The Morgan fingerprint density at radius 1 is 1.19 bits per heavy atom. The highest BCUT2D eigenvalue weighted by molar-refractivity contribution is 8.02. The van der Waals surface area contributed by atoms with Crippen molar-refractivity contribution in [3.8, 4) is 0 Å². The number of carbonyl (C=O) groups is 2. The number of aryl methyl sites for hydroxylation is 1. The van der Waals surface area contributed by atoms with Crippen molar-refractivity contribution in [3.63, 3.8) is 0 Å². The van der Waals surface area contributed by atoms with Crippen LogP contribution in [0.2, 0.25) is 5.02 Å². The molecule has 0 aliphatic carbocycles. The monoisotopic (exact) mass is 386 g/mol. The number of fused-ring (bicyclic) bond motifs is 2. The van der Waals surface area contributed by atoms with Gasteiger partial charge < -0.3 is 10.2 Å². The molecule has 2 aromatic carbocycles. The van der Waals surface area contributed by atoms with Crippen molar-refractivity contribution in [1.82, 2.24) is 4.90 Å². The summed E-state index contributed by atoms with van der Waals surface area (Å²) in [6.07, 6.45) is 0. The fraction of sp³-hybridized carbons (Fsp3) is 0.300. The first-order valence-electron chi connectivity index (χ1n) is 8.43. The van der Waals surface area contributed by atoms with Crippen LogP contribution in [0.1, 0.15) is 35.3 Å². The molecule has 2 aliphatic heterocycles. The van der Waals surface area contributed by atoms with Gasteiger partial charge in [-0.1, -0.05) is 29.3 Å². The first kappa shape index (κ1) is 17.4. The number of halogens is 1. The molecule has 1 atom stereocenters. The van der Waals surface area contributed by atoms with E-state index in [0.717, 1.165) is 11.1 Å². The Hall–Kier alpha value is -1.98. The predicted molar refractivity (Wildman–Crippen MR) is 106 cm³/mol. The number of nitrogens with one attached hydrogen (secondary N) is 1. The zero-order chi connectivity index (χ0) is 18.7. The summed E-state index contributed by atoms with van der Waals surface area (Å²) in [5.74, 6) is -0.336. The van der Waals surface area contributed by atoms with Gasteiger partial charge >= 0.3 is 0 Å². The third-order valence-corrected chi connectivity index (χ3v) is 6.63. The summed E-state index contributed by atoms with van der Waals surface area (Å²) in [7, 11) is 0. The van der Waals surface area contributed by atoms with Gasteiger partial charge in [0, 0.05) is 33.1 Å². The summed E-state index contributed by atoms with van der Waals surface area (Å²) < 4.78 is -0.262. The minimum absolute atomic E-state index is 0.147. The lowest BCUT2D eigenvalue weighted by molar-refractivity contribution is -0.121. The molecule has 2 amide bonds. The van der Waals surface area contributed by atoms with Crippen molar-refractivity contribution in [1.29, 1.82) is 0 Å². The van der Waals surface area contributed by atoms with Gasteiger partial charge in [0.15, 0.2) is 4.87 Å². The average Bonchev–Trinajstić information content (AvgIpc) is 3.02. The molecule has 4 nitrogen and oxygen atoms in total. The van der Waals surface area contributed by atoms with Gasteiger partial charge in [-0.2, -0.15) is 0 Å². The molecule has 134 valence electrons. The highest BCUT2D eigenvalue weighted by Crippen LogP contribution is 2.58. The Morgan fingerprint density at radius 2 is 1.88 bits per heavy atom. The number of nitrogens with zero attached hydrogens (tertiary/aromatic N) is 1. The van der Waals surface area contributed by atoms with Crippen LogP contribution in [0, 0.1) is 6.92 Å². The second-order valence-corrected chi connectivity index (χ2v) is 9.74. The van der Waals surface area contributed by atoms with Crippen LogP contribution in [0.3, 0.4) is 0 Å². The Balaban J connectivity index is 1.86. The second kappa shape index (κ2) is 5.76. The molecule has 1 fully saturated rings. The molecule has 1 saturated heterocycles. The third-order valence-electron chi connectivity index (χ3n) is 4.79. The van der Waals surface area contributed by atoms with Crippen molar-refractivity contribution in [2.24, 2.45) is 0 Å². The summed E-state index contributed by atoms with van der Waals surface area (Å²) in [5, 5.41) is 3.48. The van der Waals surface area contributed by atoms with E-state index in [0.29, 0.717) is 22.8 Å². The first-order valence-corrected chi connectivity index (χ1v) is 9.63. The number of rotatable bonds is 1. The summed E-state index contributed by atoms with van der Waals surface area (Å²) in [6, 6.07) is 12.8. The van der Waals surface area contributed by atoms with Crippen molar-refractivity contribution in [3.05, 3.63) is 64.2 Å². The topological polar surface area (TPSA) is 49.4 Å². The van der Waals surface area contributed by atoms with Crippen LogP contribution >= 0.6 is 23.4 Å². The van der Waals surface area contributed by atoms with Crippen molar-refractivity contribution in [2.75, 3.05) is 11.9 Å². The summed E-state index contributed by atoms with van der Waals surface area (Å²) >= 11 is 7.72. The van der Waals surface area contributed by atoms with E-state index in [1.54, 1.807) is 23.1 Å². The van der Waals surface area contributed by atoms with E-state index < -0.39 is 4.87 Å². The Kier molecular flexibility index (Phi) is 3.86. The molecular formula is C20H19ClN2O2S. The smallest absolute Gasteiger partial charge is 0.265 e. The maximum atomic E-state index is 13.3. The highest BCUT2D eigenvalue weighted by Gasteiger charge is 2.61.